The van der Waals surface area contributed by atoms with E-state index >= 15 is 0 Å². The van der Waals surface area contributed by atoms with Gasteiger partial charge in [0.2, 0.25) is 20.0 Å². The topological polar surface area (TPSA) is 210 Å². The van der Waals surface area contributed by atoms with Crippen LogP contribution in [0.1, 0.15) is 175 Å². The molecule has 0 aromatic heterocycles. The predicted octanol–water partition coefficient (Wildman–Crippen LogP) is 13.5. The number of carbonyl (C=O) groups excluding carboxylic acids is 4. The Hall–Kier alpha value is -6.16. The van der Waals surface area contributed by atoms with E-state index in [1.165, 1.54) is 22.3 Å². The van der Waals surface area contributed by atoms with Crippen molar-refractivity contribution in [2.24, 2.45) is 47.3 Å². The van der Waals surface area contributed by atoms with Gasteiger partial charge in [0.25, 0.3) is 23.6 Å². The van der Waals surface area contributed by atoms with Crippen LogP contribution in [0.25, 0.3) is 0 Å². The first-order valence-corrected chi connectivity index (χ1v) is 41.0. The van der Waals surface area contributed by atoms with Crippen molar-refractivity contribution in [2.75, 3.05) is 77.4 Å². The Labute approximate surface area is 616 Å². The van der Waals surface area contributed by atoms with Gasteiger partial charge in [0, 0.05) is 86.4 Å². The molecule has 0 unspecified atom stereocenters. The number of likely N-dealkylation sites (N-methyl/N-ethyl adjacent to an activating group) is 2. The summed E-state index contributed by atoms with van der Waals surface area (Å²) in [4.78, 5) is 61.9. The van der Waals surface area contributed by atoms with Crippen molar-refractivity contribution < 1.29 is 55.0 Å². The molecule has 8 aliphatic rings. The number of nitrogens with zero attached hydrogens (tertiary/aromatic N) is 4. The zero-order chi connectivity index (χ0) is 73.3. The molecule has 4 aromatic carbocycles. The molecule has 14 atom stereocenters. The highest BCUT2D eigenvalue weighted by molar-refractivity contribution is 7.91. The SMILES string of the molecule is CC(C)C[C@@H](O[C@H]1/C=C/C[C@H](C)[C@@H](C)S(=O)(=O)NC(=O)c2ccc3c(c2)N(C[C@@H]2CC[C@H]21)C[C@@]1(CCCc2cc(Cl)ccc21)CO3)C(=O)N(C)C.CC(C)C[C@H](O[C@H]1/C=C/C[C@H](C)[C@@H](C)S(=O)(=O)NC(=O)c2ccc3c(c2)N(C[C@@H]2CC[C@H]21)C[C@@]1(CCCc2cc(Cl)ccc21)CO3)C(=O)N(C)C. The predicted molar refractivity (Wildman–Crippen MR) is 404 cm³/mol. The van der Waals surface area contributed by atoms with Gasteiger partial charge in [-0.3, -0.25) is 19.2 Å². The molecule has 4 aromatic rings. The van der Waals surface area contributed by atoms with Gasteiger partial charge in [0.15, 0.2) is 0 Å². The van der Waals surface area contributed by atoms with E-state index in [0.717, 1.165) is 85.6 Å². The zero-order valence-electron chi connectivity index (χ0n) is 61.7. The highest BCUT2D eigenvalue weighted by atomic mass is 35.5. The second kappa shape index (κ2) is 31.9. The van der Waals surface area contributed by atoms with Gasteiger partial charge in [0.05, 0.1) is 47.3 Å². The van der Waals surface area contributed by atoms with Gasteiger partial charge >= 0.3 is 0 Å². The normalized spacial score (nSPS) is 30.2. The van der Waals surface area contributed by atoms with Crippen LogP contribution in [-0.2, 0) is 62.8 Å². The summed E-state index contributed by atoms with van der Waals surface area (Å²) in [6.07, 6.45) is 18.3. The highest BCUT2D eigenvalue weighted by Crippen LogP contribution is 2.50. The third-order valence-corrected chi connectivity index (χ3v) is 27.8. The van der Waals surface area contributed by atoms with Crippen molar-refractivity contribution >= 4 is 78.3 Å². The first-order chi connectivity index (χ1) is 48.3. The second-order valence-corrected chi connectivity index (χ2v) is 37.1. The van der Waals surface area contributed by atoms with Crippen molar-refractivity contribution in [2.45, 2.75) is 191 Å². The van der Waals surface area contributed by atoms with Crippen LogP contribution in [0, 0.1) is 47.3 Å². The Bertz CT molecular complexity index is 3780. The molecule has 12 rings (SSSR count). The number of fused-ring (bicyclic) bond motifs is 8. The van der Waals surface area contributed by atoms with Crippen molar-refractivity contribution in [3.8, 4) is 11.5 Å². The van der Waals surface area contributed by atoms with Crippen molar-refractivity contribution in [3.63, 3.8) is 0 Å². The van der Waals surface area contributed by atoms with Gasteiger partial charge in [-0.05, 0) is 234 Å². The van der Waals surface area contributed by atoms with Gasteiger partial charge in [-0.25, -0.2) is 26.3 Å². The summed E-state index contributed by atoms with van der Waals surface area (Å²) in [5, 5.41) is -0.191. The third kappa shape index (κ3) is 17.0. The molecule has 4 aliphatic heterocycles. The molecule has 18 nitrogen and oxygen atoms in total. The van der Waals surface area contributed by atoms with Crippen LogP contribution in [0.3, 0.4) is 0 Å². The fourth-order valence-electron chi connectivity index (χ4n) is 16.8. The number of nitrogens with one attached hydrogen (secondary N) is 2. The Morgan fingerprint density at radius 3 is 1.32 bits per heavy atom. The minimum absolute atomic E-state index is 0.0481. The number of amides is 4. The smallest absolute Gasteiger partial charge is 0.264 e. The largest absolute Gasteiger partial charge is 0.490 e. The first-order valence-electron chi connectivity index (χ1n) is 37.1. The maximum absolute atomic E-state index is 13.6. The van der Waals surface area contributed by atoms with E-state index in [-0.39, 0.29) is 93.3 Å². The van der Waals surface area contributed by atoms with Crippen LogP contribution in [0.15, 0.2) is 97.1 Å². The van der Waals surface area contributed by atoms with E-state index in [9.17, 15) is 36.0 Å². The number of rotatable bonds is 10. The number of sulfonamides is 2. The zero-order valence-corrected chi connectivity index (χ0v) is 64.9. The lowest BCUT2D eigenvalue weighted by atomic mass is 9.68. The maximum Gasteiger partial charge on any atom is 0.264 e. The summed E-state index contributed by atoms with van der Waals surface area (Å²) in [5.74, 6) is 0.770. The average Bonchev–Trinajstić information content (AvgIpc) is 1.53. The Balaban J connectivity index is 0.000000205. The molecule has 4 aliphatic carbocycles. The number of allylic oxidation sites excluding steroid dienone is 2. The van der Waals surface area contributed by atoms with Crippen LogP contribution < -0.4 is 28.7 Å². The first kappa shape index (κ1) is 77.0. The molecular weight excluding hydrogens is 1370 g/mol. The Morgan fingerprint density at radius 2 is 0.971 bits per heavy atom. The molecule has 0 radical (unpaired) electrons. The van der Waals surface area contributed by atoms with Crippen LogP contribution in [0.5, 0.6) is 11.5 Å². The van der Waals surface area contributed by atoms with E-state index in [1.54, 1.807) is 88.2 Å². The summed E-state index contributed by atoms with van der Waals surface area (Å²) in [6.45, 7) is 19.2. The minimum atomic E-state index is -3.98. The van der Waals surface area contributed by atoms with Gasteiger partial charge in [-0.15, -0.1) is 0 Å². The molecule has 0 saturated heterocycles. The number of halogens is 2. The van der Waals surface area contributed by atoms with Crippen molar-refractivity contribution in [3.05, 3.63) is 141 Å². The number of hydrogen-bond acceptors (Lipinski definition) is 14. The van der Waals surface area contributed by atoms with Gasteiger partial charge < -0.3 is 38.5 Å². The molecule has 2 saturated carbocycles. The summed E-state index contributed by atoms with van der Waals surface area (Å²) >= 11 is 12.9. The molecule has 4 bridgehead atoms. The maximum atomic E-state index is 13.6. The number of benzene rings is 4. The highest BCUT2D eigenvalue weighted by Gasteiger charge is 2.48. The molecule has 22 heteroatoms. The molecule has 102 heavy (non-hydrogen) atoms. The van der Waals surface area contributed by atoms with Crippen molar-refractivity contribution in [1.29, 1.82) is 0 Å². The fourth-order valence-corrected chi connectivity index (χ4v) is 19.8. The number of aryl methyl sites for hydroxylation is 2. The number of anilines is 2. The molecular formula is C80H108Cl2N6O12S2. The number of ether oxygens (including phenoxy) is 4. The molecule has 556 valence electrons. The lowest BCUT2D eigenvalue weighted by molar-refractivity contribution is -0.149. The standard InChI is InChI=1S/2C40H54ClN3O6S/c2*1-25(2)19-37(39(46)43(5)6)50-35-11-7-9-26(3)27(4)51(47,48)42-38(45)29-13-17-36-34(21-29)44(22-30-12-15-32(30)35)23-40(24-49-36)18-8-10-28-20-31(41)14-16-33(28)40/h2*7,11,13-14,16-17,20-21,25-27,30,32,35,37H,8-10,12,15,18-19,22-24H2,1-6H3,(H,42,45)/b2*11-7+/t26-,27+,30-,32+,35-,37+,40-;26-,27+,30-,32+,35-,37-,40-/m00/s1. The van der Waals surface area contributed by atoms with Crippen LogP contribution in [0.4, 0.5) is 11.4 Å². The molecule has 4 heterocycles. The van der Waals surface area contributed by atoms with Gasteiger partial charge in [0.1, 0.15) is 23.7 Å². The van der Waals surface area contributed by atoms with E-state index in [4.69, 9.17) is 42.1 Å². The van der Waals surface area contributed by atoms with Crippen LogP contribution >= 0.6 is 23.2 Å². The summed E-state index contributed by atoms with van der Waals surface area (Å²) in [7, 11) is -0.899. The lowest BCUT2D eigenvalue weighted by Gasteiger charge is -2.46. The summed E-state index contributed by atoms with van der Waals surface area (Å²) < 4.78 is 85.6. The summed E-state index contributed by atoms with van der Waals surface area (Å²) in [6, 6.07) is 22.9. The molecule has 2 spiro atoms. The van der Waals surface area contributed by atoms with Gasteiger partial charge in [-0.1, -0.05) is 101 Å². The minimum Gasteiger partial charge on any atom is -0.490 e. The molecule has 2 fully saturated rings. The fraction of sp³-hybridized carbons (Fsp3) is 0.600. The monoisotopic (exact) mass is 1480 g/mol. The van der Waals surface area contributed by atoms with E-state index < -0.39 is 54.6 Å². The Kier molecular flexibility index (Phi) is 24.1. The van der Waals surface area contributed by atoms with E-state index in [2.05, 4.69) is 83.4 Å². The average molecular weight is 1480 g/mol. The van der Waals surface area contributed by atoms with E-state index in [0.29, 0.717) is 76.6 Å². The Morgan fingerprint density at radius 1 is 0.578 bits per heavy atom. The quantitative estimate of drug-likeness (QED) is 0.142. The lowest BCUT2D eigenvalue weighted by Crippen LogP contribution is -2.50. The van der Waals surface area contributed by atoms with Gasteiger partial charge in [-0.2, -0.15) is 0 Å². The van der Waals surface area contributed by atoms with Crippen molar-refractivity contribution in [1.82, 2.24) is 19.2 Å². The number of hydrogen-bond donors (Lipinski definition) is 2. The summed E-state index contributed by atoms with van der Waals surface area (Å²) in [5.41, 5.74) is 6.49. The van der Waals surface area contributed by atoms with Crippen LogP contribution in [-0.4, -0.2) is 153 Å². The van der Waals surface area contributed by atoms with E-state index in [1.807, 2.05) is 38.1 Å². The second-order valence-electron chi connectivity index (χ2n) is 32.1. The van der Waals surface area contributed by atoms with Crippen LogP contribution in [0.2, 0.25) is 10.0 Å². The number of carbonyl (C=O) groups is 4. The third-order valence-electron chi connectivity index (χ3n) is 23.5. The molecule has 2 N–H and O–H groups in total. The molecule has 4 amide bonds.